The fraction of sp³-hybridized carbons (Fsp3) is 0.0909. The summed E-state index contributed by atoms with van der Waals surface area (Å²) in [6.45, 7) is 1.98. The normalized spacial score (nSPS) is 11.6. The van der Waals surface area contributed by atoms with Crippen LogP contribution in [-0.4, -0.2) is 8.42 Å². The Morgan fingerprint density at radius 3 is 2.38 bits per heavy atom. The Labute approximate surface area is 103 Å². The van der Waals surface area contributed by atoms with Gasteiger partial charge >= 0.3 is 0 Å². The molecule has 0 unspecified atom stereocenters. The van der Waals surface area contributed by atoms with Crippen molar-refractivity contribution in [2.24, 2.45) is 0 Å². The predicted octanol–water partition coefficient (Wildman–Crippen LogP) is 3.65. The smallest absolute Gasteiger partial charge is 0.207 e. The van der Waals surface area contributed by atoms with Crippen molar-refractivity contribution >= 4 is 31.1 Å². The van der Waals surface area contributed by atoms with Gasteiger partial charge in [0.2, 0.25) is 0 Å². The Morgan fingerprint density at radius 1 is 1.12 bits per heavy atom. The maximum Gasteiger partial charge on any atom is 0.261 e. The molecule has 84 valence electrons. The summed E-state index contributed by atoms with van der Waals surface area (Å²) in [6.07, 6.45) is 0. The number of benzene rings is 1. The monoisotopic (exact) mass is 272 g/mol. The first-order chi connectivity index (χ1) is 7.48. The number of hydrogen-bond donors (Lipinski definition) is 0. The molecule has 2 aromatic rings. The molecule has 2 rings (SSSR count). The van der Waals surface area contributed by atoms with Crippen LogP contribution < -0.4 is 0 Å². The molecule has 0 aliphatic heterocycles. The minimum atomic E-state index is -3.69. The molecule has 0 amide bonds. The van der Waals surface area contributed by atoms with Crippen molar-refractivity contribution in [1.29, 1.82) is 0 Å². The van der Waals surface area contributed by atoms with E-state index >= 15 is 0 Å². The van der Waals surface area contributed by atoms with Gasteiger partial charge in [0.1, 0.15) is 0 Å². The summed E-state index contributed by atoms with van der Waals surface area (Å²) in [5.74, 6) is 0. The van der Waals surface area contributed by atoms with E-state index in [4.69, 9.17) is 10.7 Å². The van der Waals surface area contributed by atoms with Crippen molar-refractivity contribution in [3.63, 3.8) is 0 Å². The van der Waals surface area contributed by atoms with E-state index in [0.29, 0.717) is 5.56 Å². The van der Waals surface area contributed by atoms with Gasteiger partial charge in [-0.15, -0.1) is 11.3 Å². The highest BCUT2D eigenvalue weighted by molar-refractivity contribution is 8.13. The lowest BCUT2D eigenvalue weighted by atomic mass is 10.2. The van der Waals surface area contributed by atoms with Crippen LogP contribution in [0, 0.1) is 6.92 Å². The van der Waals surface area contributed by atoms with Crippen molar-refractivity contribution in [3.8, 4) is 10.4 Å². The largest absolute Gasteiger partial charge is 0.261 e. The van der Waals surface area contributed by atoms with Crippen LogP contribution in [0.25, 0.3) is 10.4 Å². The molecule has 0 saturated heterocycles. The van der Waals surface area contributed by atoms with E-state index in [1.165, 1.54) is 6.07 Å². The minimum absolute atomic E-state index is 0.165. The SMILES string of the molecule is Cc1ccc(-c2ccccc2S(=O)(=O)Cl)s1. The number of halogens is 1. The van der Waals surface area contributed by atoms with Gasteiger partial charge in [-0.25, -0.2) is 8.42 Å². The molecular weight excluding hydrogens is 264 g/mol. The third-order valence-electron chi connectivity index (χ3n) is 2.16. The predicted molar refractivity (Wildman–Crippen MR) is 67.5 cm³/mol. The Bertz CT molecular complexity index is 614. The summed E-state index contributed by atoms with van der Waals surface area (Å²) in [6, 6.07) is 10.6. The summed E-state index contributed by atoms with van der Waals surface area (Å²) >= 11 is 1.55. The highest BCUT2D eigenvalue weighted by Gasteiger charge is 2.16. The zero-order valence-corrected chi connectivity index (χ0v) is 10.9. The Morgan fingerprint density at radius 2 is 1.81 bits per heavy atom. The molecule has 0 spiro atoms. The molecule has 1 aromatic carbocycles. The van der Waals surface area contributed by atoms with Gasteiger partial charge in [-0.05, 0) is 25.1 Å². The van der Waals surface area contributed by atoms with Gasteiger partial charge in [0.15, 0.2) is 0 Å². The molecule has 0 aliphatic rings. The van der Waals surface area contributed by atoms with Gasteiger partial charge in [-0.1, -0.05) is 18.2 Å². The molecule has 1 heterocycles. The van der Waals surface area contributed by atoms with Crippen molar-refractivity contribution in [2.75, 3.05) is 0 Å². The first-order valence-corrected chi connectivity index (χ1v) is 7.71. The molecule has 1 aromatic heterocycles. The number of rotatable bonds is 2. The lowest BCUT2D eigenvalue weighted by Gasteiger charge is -2.03. The second kappa shape index (κ2) is 4.20. The highest BCUT2D eigenvalue weighted by atomic mass is 35.7. The zero-order valence-electron chi connectivity index (χ0n) is 8.48. The van der Waals surface area contributed by atoms with Crippen LogP contribution in [0.5, 0.6) is 0 Å². The zero-order chi connectivity index (χ0) is 11.8. The number of thiophene rings is 1. The van der Waals surface area contributed by atoms with E-state index in [-0.39, 0.29) is 4.90 Å². The molecule has 0 fully saturated rings. The van der Waals surface area contributed by atoms with Crippen LogP contribution in [0.15, 0.2) is 41.3 Å². The molecule has 0 bridgehead atoms. The molecule has 0 aliphatic carbocycles. The summed E-state index contributed by atoms with van der Waals surface area (Å²) in [5.41, 5.74) is 0.663. The van der Waals surface area contributed by atoms with E-state index in [0.717, 1.165) is 9.75 Å². The van der Waals surface area contributed by atoms with E-state index < -0.39 is 9.05 Å². The van der Waals surface area contributed by atoms with Crippen LogP contribution in [0.2, 0.25) is 0 Å². The summed E-state index contributed by atoms with van der Waals surface area (Å²) < 4.78 is 22.8. The number of hydrogen-bond acceptors (Lipinski definition) is 3. The van der Waals surface area contributed by atoms with Gasteiger partial charge in [-0.3, -0.25) is 0 Å². The van der Waals surface area contributed by atoms with Crippen molar-refractivity contribution in [3.05, 3.63) is 41.3 Å². The second-order valence-electron chi connectivity index (χ2n) is 3.34. The molecule has 0 atom stereocenters. The molecule has 16 heavy (non-hydrogen) atoms. The molecule has 5 heteroatoms. The number of aryl methyl sites for hydroxylation is 1. The van der Waals surface area contributed by atoms with Gasteiger partial charge in [0, 0.05) is 26.0 Å². The Hall–Kier alpha value is -0.840. The topological polar surface area (TPSA) is 34.1 Å². The standard InChI is InChI=1S/C11H9ClO2S2/c1-8-6-7-10(15-8)9-4-2-3-5-11(9)16(12,13)14/h2-7H,1H3. The fourth-order valence-corrected chi connectivity index (χ4v) is 3.52. The van der Waals surface area contributed by atoms with Crippen LogP contribution in [0.4, 0.5) is 0 Å². The quantitative estimate of drug-likeness (QED) is 0.782. The van der Waals surface area contributed by atoms with Crippen LogP contribution in [0.1, 0.15) is 4.88 Å². The van der Waals surface area contributed by atoms with Crippen molar-refractivity contribution in [2.45, 2.75) is 11.8 Å². The molecule has 2 nitrogen and oxygen atoms in total. The highest BCUT2D eigenvalue weighted by Crippen LogP contribution is 2.33. The van der Waals surface area contributed by atoms with E-state index in [1.807, 2.05) is 19.1 Å². The lowest BCUT2D eigenvalue weighted by molar-refractivity contribution is 0.610. The molecule has 0 saturated carbocycles. The maximum atomic E-state index is 11.4. The van der Waals surface area contributed by atoms with Crippen molar-refractivity contribution in [1.82, 2.24) is 0 Å². The van der Waals surface area contributed by atoms with Crippen molar-refractivity contribution < 1.29 is 8.42 Å². The maximum absolute atomic E-state index is 11.4. The Kier molecular flexibility index (Phi) is 3.06. The van der Waals surface area contributed by atoms with Crippen LogP contribution in [-0.2, 0) is 9.05 Å². The minimum Gasteiger partial charge on any atom is -0.207 e. The van der Waals surface area contributed by atoms with E-state index in [1.54, 1.807) is 29.5 Å². The third kappa shape index (κ3) is 2.29. The molecule has 0 N–H and O–H groups in total. The first-order valence-electron chi connectivity index (χ1n) is 4.59. The van der Waals surface area contributed by atoms with Gasteiger partial charge in [-0.2, -0.15) is 0 Å². The first kappa shape index (κ1) is 11.6. The molecular formula is C11H9ClO2S2. The summed E-state index contributed by atoms with van der Waals surface area (Å²) in [7, 11) is 1.70. The van der Waals surface area contributed by atoms with Gasteiger partial charge < -0.3 is 0 Å². The average molecular weight is 273 g/mol. The molecule has 0 radical (unpaired) electrons. The van der Waals surface area contributed by atoms with Gasteiger partial charge in [0.05, 0.1) is 4.90 Å². The second-order valence-corrected chi connectivity index (χ2v) is 7.17. The summed E-state index contributed by atoms with van der Waals surface area (Å²) in [5, 5.41) is 0. The van der Waals surface area contributed by atoms with Crippen LogP contribution >= 0.6 is 22.0 Å². The Balaban J connectivity index is 2.66. The lowest BCUT2D eigenvalue weighted by Crippen LogP contribution is -1.92. The fourth-order valence-electron chi connectivity index (χ4n) is 1.46. The van der Waals surface area contributed by atoms with E-state index in [2.05, 4.69) is 0 Å². The van der Waals surface area contributed by atoms with Gasteiger partial charge in [0.25, 0.3) is 9.05 Å². The average Bonchev–Trinajstić information content (AvgIpc) is 2.64. The van der Waals surface area contributed by atoms with Crippen LogP contribution in [0.3, 0.4) is 0 Å². The van der Waals surface area contributed by atoms with E-state index in [9.17, 15) is 8.42 Å². The summed E-state index contributed by atoms with van der Waals surface area (Å²) in [4.78, 5) is 2.22. The third-order valence-corrected chi connectivity index (χ3v) is 4.57.